The zero-order chi connectivity index (χ0) is 19.1. The summed E-state index contributed by atoms with van der Waals surface area (Å²) in [4.78, 5) is 0. The molecule has 3 aromatic rings. The molecule has 0 spiro atoms. The van der Waals surface area contributed by atoms with Crippen LogP contribution in [0.3, 0.4) is 0 Å². The third-order valence-electron chi connectivity index (χ3n) is 5.40. The summed E-state index contributed by atoms with van der Waals surface area (Å²) in [6, 6.07) is 20.7. The third kappa shape index (κ3) is 2.79. The molecule has 3 aromatic carbocycles. The lowest BCUT2D eigenvalue weighted by molar-refractivity contribution is 0.324. The monoisotopic (exact) mass is 388 g/mol. The summed E-state index contributed by atoms with van der Waals surface area (Å²) in [5.41, 5.74) is 4.53. The normalized spacial score (nSPS) is 18.3. The SMILES string of the molecule is COc1ccc(C2NC(=S)NC3=C2CCOc2c3ccc3ccccc23)cc1. The van der Waals surface area contributed by atoms with Gasteiger partial charge in [-0.3, -0.25) is 0 Å². The van der Waals surface area contributed by atoms with E-state index in [1.807, 2.05) is 24.3 Å². The molecule has 2 N–H and O–H groups in total. The van der Waals surface area contributed by atoms with E-state index in [9.17, 15) is 0 Å². The van der Waals surface area contributed by atoms with E-state index in [4.69, 9.17) is 21.7 Å². The highest BCUT2D eigenvalue weighted by Gasteiger charge is 2.30. The van der Waals surface area contributed by atoms with Gasteiger partial charge in [0.25, 0.3) is 0 Å². The van der Waals surface area contributed by atoms with Gasteiger partial charge in [0.05, 0.1) is 25.5 Å². The van der Waals surface area contributed by atoms with Crippen molar-refractivity contribution in [2.75, 3.05) is 13.7 Å². The lowest BCUT2D eigenvalue weighted by Gasteiger charge is -2.31. The summed E-state index contributed by atoms with van der Waals surface area (Å²) in [5.74, 6) is 1.77. The summed E-state index contributed by atoms with van der Waals surface area (Å²) >= 11 is 5.55. The van der Waals surface area contributed by atoms with Crippen molar-refractivity contribution in [1.29, 1.82) is 0 Å². The molecule has 4 nitrogen and oxygen atoms in total. The molecule has 28 heavy (non-hydrogen) atoms. The van der Waals surface area contributed by atoms with Gasteiger partial charge in [0.1, 0.15) is 11.5 Å². The molecule has 140 valence electrons. The Hall–Kier alpha value is -3.05. The fraction of sp³-hybridized carbons (Fsp3) is 0.174. The van der Waals surface area contributed by atoms with E-state index in [2.05, 4.69) is 47.0 Å². The van der Waals surface area contributed by atoms with Gasteiger partial charge >= 0.3 is 0 Å². The number of benzene rings is 3. The van der Waals surface area contributed by atoms with Crippen molar-refractivity contribution < 1.29 is 9.47 Å². The van der Waals surface area contributed by atoms with Crippen LogP contribution in [0.15, 0.2) is 66.2 Å². The molecule has 0 radical (unpaired) electrons. The summed E-state index contributed by atoms with van der Waals surface area (Å²) in [6.07, 6.45) is 0.817. The van der Waals surface area contributed by atoms with Crippen molar-refractivity contribution >= 4 is 33.8 Å². The van der Waals surface area contributed by atoms with E-state index >= 15 is 0 Å². The highest BCUT2D eigenvalue weighted by Crippen LogP contribution is 2.41. The van der Waals surface area contributed by atoms with Crippen LogP contribution in [0.1, 0.15) is 23.6 Å². The second-order valence-corrected chi connectivity index (χ2v) is 7.37. The first kappa shape index (κ1) is 17.1. The first-order chi connectivity index (χ1) is 13.7. The molecular formula is C23H20N2O2S. The minimum Gasteiger partial charge on any atom is -0.497 e. The van der Waals surface area contributed by atoms with Crippen LogP contribution < -0.4 is 20.1 Å². The number of methoxy groups -OCH3 is 1. The zero-order valence-electron chi connectivity index (χ0n) is 15.5. The molecule has 0 amide bonds. The van der Waals surface area contributed by atoms with Crippen LogP contribution in [0.5, 0.6) is 11.5 Å². The second-order valence-electron chi connectivity index (χ2n) is 6.97. The van der Waals surface area contributed by atoms with E-state index in [1.165, 1.54) is 11.0 Å². The van der Waals surface area contributed by atoms with Crippen molar-refractivity contribution in [3.8, 4) is 11.5 Å². The highest BCUT2D eigenvalue weighted by molar-refractivity contribution is 7.80. The first-order valence-corrected chi connectivity index (χ1v) is 9.75. The molecule has 0 aromatic heterocycles. The molecule has 0 saturated carbocycles. The van der Waals surface area contributed by atoms with Crippen LogP contribution in [0.4, 0.5) is 0 Å². The quantitative estimate of drug-likeness (QED) is 0.630. The molecule has 2 aliphatic rings. The number of rotatable bonds is 2. The smallest absolute Gasteiger partial charge is 0.171 e. The minimum absolute atomic E-state index is 0.00989. The average Bonchev–Trinajstić information content (AvgIpc) is 2.93. The Bertz CT molecular complexity index is 1110. The Balaban J connectivity index is 1.67. The standard InChI is InChI=1S/C23H20N2O2S/c1-26-16-9-6-15(7-10-16)20-18-12-13-27-22-17-5-3-2-4-14(17)8-11-19(22)21(18)25-23(28)24-20/h2-11,20H,12-13H2,1H3,(H2,24,25,28). The van der Waals surface area contributed by atoms with Crippen LogP contribution in [0.2, 0.25) is 0 Å². The summed E-state index contributed by atoms with van der Waals surface area (Å²) < 4.78 is 11.5. The molecule has 2 heterocycles. The van der Waals surface area contributed by atoms with Crippen molar-refractivity contribution in [3.63, 3.8) is 0 Å². The maximum atomic E-state index is 6.24. The number of hydrogen-bond acceptors (Lipinski definition) is 3. The Morgan fingerprint density at radius 1 is 1.04 bits per heavy atom. The predicted molar refractivity (Wildman–Crippen MR) is 116 cm³/mol. The summed E-state index contributed by atoms with van der Waals surface area (Å²) in [5, 5.41) is 9.75. The molecule has 0 fully saturated rings. The van der Waals surface area contributed by atoms with Crippen molar-refractivity contribution in [3.05, 3.63) is 77.4 Å². The van der Waals surface area contributed by atoms with Gasteiger partial charge < -0.3 is 20.1 Å². The topological polar surface area (TPSA) is 42.5 Å². The van der Waals surface area contributed by atoms with Gasteiger partial charge in [0, 0.05) is 17.4 Å². The van der Waals surface area contributed by atoms with Gasteiger partial charge in [-0.25, -0.2) is 0 Å². The van der Waals surface area contributed by atoms with Gasteiger partial charge in [0.15, 0.2) is 5.11 Å². The zero-order valence-corrected chi connectivity index (χ0v) is 16.3. The van der Waals surface area contributed by atoms with Gasteiger partial charge in [-0.2, -0.15) is 0 Å². The molecule has 0 bridgehead atoms. The molecule has 1 unspecified atom stereocenters. The molecular weight excluding hydrogens is 368 g/mol. The molecule has 5 rings (SSSR count). The molecule has 5 heteroatoms. The number of hydrogen-bond donors (Lipinski definition) is 2. The minimum atomic E-state index is 0.00989. The average molecular weight is 388 g/mol. The number of thiocarbonyl (C=S) groups is 1. The Morgan fingerprint density at radius 3 is 2.68 bits per heavy atom. The Labute approximate surface area is 169 Å². The lowest BCUT2D eigenvalue weighted by Crippen LogP contribution is -2.43. The van der Waals surface area contributed by atoms with E-state index in [0.29, 0.717) is 11.7 Å². The second kappa shape index (κ2) is 6.84. The first-order valence-electron chi connectivity index (χ1n) is 9.34. The largest absolute Gasteiger partial charge is 0.497 e. The van der Waals surface area contributed by atoms with Crippen LogP contribution in [-0.2, 0) is 0 Å². The maximum absolute atomic E-state index is 6.24. The third-order valence-corrected chi connectivity index (χ3v) is 5.62. The number of nitrogens with one attached hydrogen (secondary N) is 2. The van der Waals surface area contributed by atoms with E-state index < -0.39 is 0 Å². The molecule has 0 aliphatic carbocycles. The lowest BCUT2D eigenvalue weighted by atomic mass is 9.90. The van der Waals surface area contributed by atoms with Gasteiger partial charge in [-0.05, 0) is 46.9 Å². The van der Waals surface area contributed by atoms with Crippen LogP contribution in [0.25, 0.3) is 16.5 Å². The Morgan fingerprint density at radius 2 is 1.86 bits per heavy atom. The van der Waals surface area contributed by atoms with Crippen LogP contribution in [-0.4, -0.2) is 18.8 Å². The fourth-order valence-corrected chi connectivity index (χ4v) is 4.26. The van der Waals surface area contributed by atoms with E-state index in [1.54, 1.807) is 7.11 Å². The van der Waals surface area contributed by atoms with Crippen molar-refractivity contribution in [2.24, 2.45) is 0 Å². The summed E-state index contributed by atoms with van der Waals surface area (Å²) in [6.45, 7) is 0.628. The molecule has 1 atom stereocenters. The van der Waals surface area contributed by atoms with Crippen LogP contribution in [0, 0.1) is 0 Å². The van der Waals surface area contributed by atoms with Gasteiger partial charge in [-0.1, -0.05) is 42.5 Å². The number of ether oxygens (including phenoxy) is 2. The molecule has 2 aliphatic heterocycles. The highest BCUT2D eigenvalue weighted by atomic mass is 32.1. The summed E-state index contributed by atoms with van der Waals surface area (Å²) in [7, 11) is 1.68. The van der Waals surface area contributed by atoms with Crippen molar-refractivity contribution in [2.45, 2.75) is 12.5 Å². The van der Waals surface area contributed by atoms with Crippen LogP contribution >= 0.6 is 12.2 Å². The predicted octanol–water partition coefficient (Wildman–Crippen LogP) is 4.56. The van der Waals surface area contributed by atoms with Gasteiger partial charge in [0.2, 0.25) is 0 Å². The maximum Gasteiger partial charge on any atom is 0.171 e. The fourth-order valence-electron chi connectivity index (χ4n) is 4.04. The van der Waals surface area contributed by atoms with E-state index in [0.717, 1.165) is 40.1 Å². The van der Waals surface area contributed by atoms with Crippen molar-refractivity contribution in [1.82, 2.24) is 10.6 Å². The number of fused-ring (bicyclic) bond motifs is 4. The van der Waals surface area contributed by atoms with Gasteiger partial charge in [-0.15, -0.1) is 0 Å². The van der Waals surface area contributed by atoms with E-state index in [-0.39, 0.29) is 6.04 Å². The molecule has 0 saturated heterocycles. The Kier molecular flexibility index (Phi) is 4.17.